The third-order valence-corrected chi connectivity index (χ3v) is 4.91. The van der Waals surface area contributed by atoms with Gasteiger partial charge in [0.1, 0.15) is 0 Å². The molecule has 1 aliphatic heterocycles. The molecule has 2 aromatic carbocycles. The number of benzene rings is 2. The molecule has 2 aromatic rings. The number of primary sulfonamides is 1. The van der Waals surface area contributed by atoms with Crippen LogP contribution in [0.2, 0.25) is 0 Å². The third-order valence-electron chi connectivity index (χ3n) is 3.86. The SMILES string of the molecule is Cc1ccc(NC(=O)N/C=C/C=C/c2ccc3c(c2)OCO3)cc1S(N)(=O)=O. The number of rotatable bonds is 5. The number of carbonyl (C=O) groups excluding carboxylic acids is 1. The van der Waals surface area contributed by atoms with Gasteiger partial charge < -0.3 is 20.1 Å². The first-order valence-electron chi connectivity index (χ1n) is 8.27. The largest absolute Gasteiger partial charge is 0.454 e. The Hall–Kier alpha value is -3.30. The van der Waals surface area contributed by atoms with Gasteiger partial charge in [0, 0.05) is 11.9 Å². The van der Waals surface area contributed by atoms with Crippen LogP contribution >= 0.6 is 0 Å². The fourth-order valence-corrected chi connectivity index (χ4v) is 3.32. The molecule has 146 valence electrons. The minimum absolute atomic E-state index is 0.0347. The highest BCUT2D eigenvalue weighted by Crippen LogP contribution is 2.32. The van der Waals surface area contributed by atoms with Crippen molar-refractivity contribution in [2.24, 2.45) is 5.14 Å². The summed E-state index contributed by atoms with van der Waals surface area (Å²) in [5.41, 5.74) is 1.74. The van der Waals surface area contributed by atoms with E-state index in [2.05, 4.69) is 10.6 Å². The Balaban J connectivity index is 1.54. The number of hydrogen-bond acceptors (Lipinski definition) is 5. The summed E-state index contributed by atoms with van der Waals surface area (Å²) in [5, 5.41) is 10.2. The number of nitrogens with two attached hydrogens (primary N) is 1. The second kappa shape index (κ2) is 8.15. The van der Waals surface area contributed by atoms with Crippen LogP contribution in [0.1, 0.15) is 11.1 Å². The maximum absolute atomic E-state index is 11.9. The van der Waals surface area contributed by atoms with Crippen molar-refractivity contribution >= 4 is 27.8 Å². The molecule has 9 heteroatoms. The van der Waals surface area contributed by atoms with E-state index in [0.29, 0.717) is 22.7 Å². The van der Waals surface area contributed by atoms with Crippen LogP contribution in [0.25, 0.3) is 6.08 Å². The van der Waals surface area contributed by atoms with Crippen molar-refractivity contribution in [2.75, 3.05) is 12.1 Å². The number of allylic oxidation sites excluding steroid dienone is 2. The van der Waals surface area contributed by atoms with Gasteiger partial charge in [-0.2, -0.15) is 0 Å². The first-order chi connectivity index (χ1) is 13.3. The van der Waals surface area contributed by atoms with Gasteiger partial charge in [0.25, 0.3) is 0 Å². The zero-order valence-corrected chi connectivity index (χ0v) is 15.8. The number of ether oxygens (including phenoxy) is 2. The van der Waals surface area contributed by atoms with E-state index in [0.717, 1.165) is 5.56 Å². The van der Waals surface area contributed by atoms with E-state index in [9.17, 15) is 13.2 Å². The molecule has 1 heterocycles. The third kappa shape index (κ3) is 4.90. The smallest absolute Gasteiger partial charge is 0.323 e. The summed E-state index contributed by atoms with van der Waals surface area (Å²) in [6.07, 6.45) is 6.70. The molecule has 0 atom stereocenters. The molecule has 4 N–H and O–H groups in total. The predicted molar refractivity (Wildman–Crippen MR) is 105 cm³/mol. The maximum Gasteiger partial charge on any atom is 0.323 e. The first-order valence-corrected chi connectivity index (χ1v) is 9.81. The molecule has 3 rings (SSSR count). The molecule has 0 fully saturated rings. The van der Waals surface area contributed by atoms with Crippen molar-refractivity contribution in [1.82, 2.24) is 5.32 Å². The van der Waals surface area contributed by atoms with Gasteiger partial charge in [-0.05, 0) is 48.4 Å². The Kier molecular flexibility index (Phi) is 5.67. The van der Waals surface area contributed by atoms with Crippen molar-refractivity contribution in [3.05, 3.63) is 65.9 Å². The quantitative estimate of drug-likeness (QED) is 0.666. The normalized spacial score (nSPS) is 13.2. The van der Waals surface area contributed by atoms with Crippen molar-refractivity contribution in [3.8, 4) is 11.5 Å². The molecule has 8 nitrogen and oxygen atoms in total. The summed E-state index contributed by atoms with van der Waals surface area (Å²) < 4.78 is 33.6. The number of urea groups is 1. The average molecular weight is 401 g/mol. The highest BCUT2D eigenvalue weighted by Gasteiger charge is 2.13. The van der Waals surface area contributed by atoms with Crippen LogP contribution in [-0.2, 0) is 10.0 Å². The Morgan fingerprint density at radius 2 is 1.89 bits per heavy atom. The van der Waals surface area contributed by atoms with Crippen molar-refractivity contribution in [3.63, 3.8) is 0 Å². The molecule has 0 radical (unpaired) electrons. The van der Waals surface area contributed by atoms with E-state index in [1.54, 1.807) is 31.2 Å². The van der Waals surface area contributed by atoms with Gasteiger partial charge in [0.05, 0.1) is 4.90 Å². The van der Waals surface area contributed by atoms with Crippen LogP contribution in [0.3, 0.4) is 0 Å². The molecule has 0 aliphatic carbocycles. The fourth-order valence-electron chi connectivity index (χ4n) is 2.51. The van der Waals surface area contributed by atoms with E-state index in [1.165, 1.54) is 12.3 Å². The summed E-state index contributed by atoms with van der Waals surface area (Å²) in [7, 11) is -3.86. The summed E-state index contributed by atoms with van der Waals surface area (Å²) in [4.78, 5) is 11.9. The topological polar surface area (TPSA) is 120 Å². The Morgan fingerprint density at radius 1 is 1.11 bits per heavy atom. The van der Waals surface area contributed by atoms with Crippen LogP contribution in [0.5, 0.6) is 11.5 Å². The van der Waals surface area contributed by atoms with Crippen LogP contribution in [0.4, 0.5) is 10.5 Å². The first kappa shape index (κ1) is 19.5. The number of anilines is 1. The molecule has 2 amide bonds. The van der Waals surface area contributed by atoms with Gasteiger partial charge in [-0.15, -0.1) is 0 Å². The second-order valence-electron chi connectivity index (χ2n) is 5.95. The van der Waals surface area contributed by atoms with Crippen LogP contribution in [-0.4, -0.2) is 21.2 Å². The van der Waals surface area contributed by atoms with E-state index in [1.807, 2.05) is 24.3 Å². The Bertz CT molecular complexity index is 1060. The van der Waals surface area contributed by atoms with Gasteiger partial charge in [0.15, 0.2) is 11.5 Å². The standard InChI is InChI=1S/C19H19N3O5S/c1-13-5-7-15(11-18(13)28(20,24)25)22-19(23)21-9-3-2-4-14-6-8-16-17(10-14)27-12-26-16/h2-11H,12H2,1H3,(H2,20,24,25)(H2,21,22,23)/b4-2+,9-3+. The molecular formula is C19H19N3O5S. The summed E-state index contributed by atoms with van der Waals surface area (Å²) in [5.74, 6) is 1.41. The van der Waals surface area contributed by atoms with Crippen LogP contribution < -0.4 is 25.2 Å². The molecule has 1 aliphatic rings. The molecule has 0 bridgehead atoms. The number of fused-ring (bicyclic) bond motifs is 1. The van der Waals surface area contributed by atoms with Gasteiger partial charge >= 0.3 is 6.03 Å². The summed E-state index contributed by atoms with van der Waals surface area (Å²) in [6.45, 7) is 1.85. The molecule has 28 heavy (non-hydrogen) atoms. The molecule has 0 spiro atoms. The number of sulfonamides is 1. The van der Waals surface area contributed by atoms with Gasteiger partial charge in [-0.1, -0.05) is 24.3 Å². The number of hydrogen-bond donors (Lipinski definition) is 3. The monoisotopic (exact) mass is 401 g/mol. The highest BCUT2D eigenvalue weighted by atomic mass is 32.2. The van der Waals surface area contributed by atoms with Crippen LogP contribution in [0.15, 0.2) is 59.6 Å². The Labute approximate surface area is 162 Å². The van der Waals surface area contributed by atoms with E-state index >= 15 is 0 Å². The number of nitrogens with one attached hydrogen (secondary N) is 2. The van der Waals surface area contributed by atoms with Crippen molar-refractivity contribution in [1.29, 1.82) is 0 Å². The van der Waals surface area contributed by atoms with Gasteiger partial charge in [-0.3, -0.25) is 0 Å². The van der Waals surface area contributed by atoms with Crippen molar-refractivity contribution in [2.45, 2.75) is 11.8 Å². The minimum atomic E-state index is -3.86. The van der Waals surface area contributed by atoms with E-state index < -0.39 is 16.1 Å². The van der Waals surface area contributed by atoms with Gasteiger partial charge in [0.2, 0.25) is 16.8 Å². The maximum atomic E-state index is 11.9. The lowest BCUT2D eigenvalue weighted by Gasteiger charge is -2.08. The molecule has 0 unspecified atom stereocenters. The van der Waals surface area contributed by atoms with Gasteiger partial charge in [-0.25, -0.2) is 18.4 Å². The molecule has 0 aromatic heterocycles. The lowest BCUT2D eigenvalue weighted by Crippen LogP contribution is -2.24. The van der Waals surface area contributed by atoms with E-state index in [-0.39, 0.29) is 11.7 Å². The van der Waals surface area contributed by atoms with Crippen molar-refractivity contribution < 1.29 is 22.7 Å². The number of carbonyl (C=O) groups is 1. The summed E-state index contributed by atoms with van der Waals surface area (Å²) in [6, 6.07) is 9.53. The molecule has 0 saturated heterocycles. The number of amides is 2. The molecular weight excluding hydrogens is 382 g/mol. The minimum Gasteiger partial charge on any atom is -0.454 e. The summed E-state index contributed by atoms with van der Waals surface area (Å²) >= 11 is 0. The van der Waals surface area contributed by atoms with Crippen LogP contribution in [0, 0.1) is 6.92 Å². The fraction of sp³-hybridized carbons (Fsp3) is 0.105. The average Bonchev–Trinajstić information content (AvgIpc) is 3.10. The molecule has 0 saturated carbocycles. The second-order valence-corrected chi connectivity index (χ2v) is 7.48. The highest BCUT2D eigenvalue weighted by molar-refractivity contribution is 7.89. The van der Waals surface area contributed by atoms with E-state index in [4.69, 9.17) is 14.6 Å². The lowest BCUT2D eigenvalue weighted by molar-refractivity contribution is 0.174. The number of aryl methyl sites for hydroxylation is 1. The Morgan fingerprint density at radius 3 is 2.68 bits per heavy atom. The zero-order chi connectivity index (χ0) is 20.1. The predicted octanol–water partition coefficient (Wildman–Crippen LogP) is 2.72. The lowest BCUT2D eigenvalue weighted by atomic mass is 10.2. The zero-order valence-electron chi connectivity index (χ0n) is 15.0.